The van der Waals surface area contributed by atoms with Crippen LogP contribution < -0.4 is 5.32 Å². The summed E-state index contributed by atoms with van der Waals surface area (Å²) in [6.07, 6.45) is 1.51. The van der Waals surface area contributed by atoms with E-state index in [0.717, 1.165) is 22.6 Å². The van der Waals surface area contributed by atoms with E-state index in [4.69, 9.17) is 11.6 Å². The number of benzene rings is 1. The lowest BCUT2D eigenvalue weighted by Crippen LogP contribution is -2.33. The quantitative estimate of drug-likeness (QED) is 0.748. The topological polar surface area (TPSA) is 12.0 Å². The summed E-state index contributed by atoms with van der Waals surface area (Å²) in [4.78, 5) is 0. The molecule has 1 N–H and O–H groups in total. The first-order valence-corrected chi connectivity index (χ1v) is 7.69. The summed E-state index contributed by atoms with van der Waals surface area (Å²) in [5.74, 6) is 0.380. The van der Waals surface area contributed by atoms with Crippen LogP contribution in [0.25, 0.3) is 0 Å². The third kappa shape index (κ3) is 3.83. The van der Waals surface area contributed by atoms with Gasteiger partial charge in [0.1, 0.15) is 6.17 Å². The van der Waals surface area contributed by atoms with Gasteiger partial charge in [0.25, 0.3) is 0 Å². The number of hydrogen-bond donors (Lipinski definition) is 1. The van der Waals surface area contributed by atoms with E-state index >= 15 is 0 Å². The van der Waals surface area contributed by atoms with Gasteiger partial charge in [0.05, 0.1) is 6.04 Å². The molecule has 0 radical (unpaired) electrons. The molecule has 0 aliphatic heterocycles. The summed E-state index contributed by atoms with van der Waals surface area (Å²) in [6.45, 7) is 8.50. The third-order valence-corrected chi connectivity index (χ3v) is 4.34. The third-order valence-electron chi connectivity index (χ3n) is 4.09. The second-order valence-electron chi connectivity index (χ2n) is 5.99. The zero-order chi connectivity index (χ0) is 14.7. The molecule has 20 heavy (non-hydrogen) atoms. The van der Waals surface area contributed by atoms with E-state index in [0.29, 0.717) is 18.8 Å². The molecular weight excluding hydrogens is 273 g/mol. The van der Waals surface area contributed by atoms with E-state index in [-0.39, 0.29) is 12.1 Å². The molecule has 1 nitrogen and oxygen atoms in total. The second-order valence-corrected chi connectivity index (χ2v) is 6.42. The first-order chi connectivity index (χ1) is 9.47. The predicted octanol–water partition coefficient (Wildman–Crippen LogP) is 5.07. The molecule has 0 heterocycles. The summed E-state index contributed by atoms with van der Waals surface area (Å²) in [5, 5.41) is 4.31. The van der Waals surface area contributed by atoms with E-state index in [2.05, 4.69) is 25.7 Å². The summed E-state index contributed by atoms with van der Waals surface area (Å²) < 4.78 is 13.4. The van der Waals surface area contributed by atoms with Crippen LogP contribution in [0.2, 0.25) is 5.02 Å². The second kappa shape index (κ2) is 6.73. The number of nitrogens with one attached hydrogen (secondary N) is 1. The van der Waals surface area contributed by atoms with E-state index in [1.54, 1.807) is 0 Å². The minimum atomic E-state index is -0.661. The molecule has 1 aromatic carbocycles. The average Bonchev–Trinajstić information content (AvgIpc) is 2.82. The minimum absolute atomic E-state index is 0.0718. The maximum absolute atomic E-state index is 13.4. The Hall–Kier alpha value is -0.860. The van der Waals surface area contributed by atoms with E-state index < -0.39 is 6.17 Å². The summed E-state index contributed by atoms with van der Waals surface area (Å²) in [7, 11) is 0. The molecule has 3 heteroatoms. The highest BCUT2D eigenvalue weighted by atomic mass is 35.5. The smallest absolute Gasteiger partial charge is 0.102 e. The molecule has 1 saturated carbocycles. The Morgan fingerprint density at radius 2 is 1.95 bits per heavy atom. The highest BCUT2D eigenvalue weighted by Crippen LogP contribution is 2.31. The van der Waals surface area contributed by atoms with Crippen LogP contribution in [0, 0.1) is 5.92 Å². The molecular formula is C17H23ClFN. The fourth-order valence-corrected chi connectivity index (χ4v) is 2.85. The Labute approximate surface area is 126 Å². The lowest BCUT2D eigenvalue weighted by molar-refractivity contribution is 0.330. The van der Waals surface area contributed by atoms with Crippen LogP contribution in [0.3, 0.4) is 0 Å². The van der Waals surface area contributed by atoms with Gasteiger partial charge in [0.15, 0.2) is 0 Å². The van der Waals surface area contributed by atoms with Crippen LogP contribution in [0.1, 0.15) is 44.7 Å². The Morgan fingerprint density at radius 3 is 2.45 bits per heavy atom. The average molecular weight is 296 g/mol. The van der Waals surface area contributed by atoms with Crippen molar-refractivity contribution in [1.82, 2.24) is 5.32 Å². The highest BCUT2D eigenvalue weighted by molar-refractivity contribution is 6.30. The van der Waals surface area contributed by atoms with Gasteiger partial charge in [-0.25, -0.2) is 4.39 Å². The fourth-order valence-electron chi connectivity index (χ4n) is 2.72. The fraction of sp³-hybridized carbons (Fsp3) is 0.529. The normalized spacial score (nSPS) is 24.1. The highest BCUT2D eigenvalue weighted by Gasteiger charge is 2.28. The van der Waals surface area contributed by atoms with Gasteiger partial charge in [0, 0.05) is 11.1 Å². The molecule has 0 aromatic heterocycles. The molecule has 1 aliphatic carbocycles. The molecule has 0 saturated heterocycles. The van der Waals surface area contributed by atoms with Crippen LogP contribution in [0.15, 0.2) is 36.4 Å². The number of halogens is 2. The van der Waals surface area contributed by atoms with Crippen molar-refractivity contribution < 1.29 is 4.39 Å². The Balaban J connectivity index is 2.16. The van der Waals surface area contributed by atoms with Gasteiger partial charge in [-0.05, 0) is 42.9 Å². The monoisotopic (exact) mass is 295 g/mol. The molecule has 1 aromatic rings. The van der Waals surface area contributed by atoms with Crippen LogP contribution in [-0.4, -0.2) is 12.2 Å². The molecule has 1 fully saturated rings. The van der Waals surface area contributed by atoms with E-state index in [9.17, 15) is 4.39 Å². The van der Waals surface area contributed by atoms with Crippen molar-refractivity contribution in [3.8, 4) is 0 Å². The number of rotatable bonds is 5. The molecule has 3 atom stereocenters. The lowest BCUT2D eigenvalue weighted by atomic mass is 9.91. The predicted molar refractivity (Wildman–Crippen MR) is 83.8 cm³/mol. The van der Waals surface area contributed by atoms with Crippen molar-refractivity contribution in [1.29, 1.82) is 0 Å². The van der Waals surface area contributed by atoms with Gasteiger partial charge < -0.3 is 5.32 Å². The molecule has 0 spiro atoms. The van der Waals surface area contributed by atoms with Crippen LogP contribution in [0.4, 0.5) is 4.39 Å². The van der Waals surface area contributed by atoms with Crippen LogP contribution >= 0.6 is 11.6 Å². The van der Waals surface area contributed by atoms with Gasteiger partial charge in [-0.1, -0.05) is 49.7 Å². The maximum atomic E-state index is 13.4. The molecule has 0 amide bonds. The SMILES string of the molecule is C=C(C(C)C)C(NC1CC[C@H](F)C1)c1ccc(Cl)cc1. The Bertz CT molecular complexity index is 455. The van der Waals surface area contributed by atoms with Crippen molar-refractivity contribution in [2.75, 3.05) is 0 Å². The Kier molecular flexibility index (Phi) is 5.22. The Morgan fingerprint density at radius 1 is 1.30 bits per heavy atom. The first kappa shape index (κ1) is 15.5. The molecule has 1 aliphatic rings. The zero-order valence-electron chi connectivity index (χ0n) is 12.2. The molecule has 2 rings (SSSR count). The van der Waals surface area contributed by atoms with Gasteiger partial charge >= 0.3 is 0 Å². The molecule has 110 valence electrons. The van der Waals surface area contributed by atoms with Gasteiger partial charge in [-0.2, -0.15) is 0 Å². The summed E-state index contributed by atoms with van der Waals surface area (Å²) >= 11 is 5.96. The number of alkyl halides is 1. The van der Waals surface area contributed by atoms with Gasteiger partial charge in [0.2, 0.25) is 0 Å². The lowest BCUT2D eigenvalue weighted by Gasteiger charge is -2.27. The van der Waals surface area contributed by atoms with Crippen molar-refractivity contribution in [2.24, 2.45) is 5.92 Å². The number of hydrogen-bond acceptors (Lipinski definition) is 1. The minimum Gasteiger partial charge on any atom is -0.304 e. The van der Waals surface area contributed by atoms with Crippen LogP contribution in [0.5, 0.6) is 0 Å². The summed E-state index contributed by atoms with van der Waals surface area (Å²) in [5.41, 5.74) is 2.28. The van der Waals surface area contributed by atoms with Gasteiger partial charge in [-0.3, -0.25) is 0 Å². The van der Waals surface area contributed by atoms with Crippen molar-refractivity contribution in [2.45, 2.75) is 51.4 Å². The first-order valence-electron chi connectivity index (χ1n) is 7.31. The maximum Gasteiger partial charge on any atom is 0.102 e. The molecule has 0 bridgehead atoms. The standard InChI is InChI=1S/C17H23ClFN/c1-11(2)12(3)17(13-4-6-14(18)7-5-13)20-16-9-8-15(19)10-16/h4-7,11,15-17,20H,3,8-10H2,1-2H3/t15-,16?,17?/m0/s1. The van der Waals surface area contributed by atoms with Gasteiger partial charge in [-0.15, -0.1) is 0 Å². The van der Waals surface area contributed by atoms with E-state index in [1.165, 1.54) is 0 Å². The van der Waals surface area contributed by atoms with E-state index in [1.807, 2.05) is 24.3 Å². The molecule has 2 unspecified atom stereocenters. The summed E-state index contributed by atoms with van der Waals surface area (Å²) in [6, 6.07) is 8.14. The van der Waals surface area contributed by atoms with Crippen molar-refractivity contribution in [3.63, 3.8) is 0 Å². The van der Waals surface area contributed by atoms with Crippen molar-refractivity contribution >= 4 is 11.6 Å². The van der Waals surface area contributed by atoms with Crippen LogP contribution in [-0.2, 0) is 0 Å². The zero-order valence-corrected chi connectivity index (χ0v) is 13.0. The van der Waals surface area contributed by atoms with Crippen molar-refractivity contribution in [3.05, 3.63) is 47.0 Å². The largest absolute Gasteiger partial charge is 0.304 e.